The minimum atomic E-state index is 0.0405. The summed E-state index contributed by atoms with van der Waals surface area (Å²) in [6.45, 7) is 0. The van der Waals surface area contributed by atoms with E-state index in [2.05, 4.69) is 0 Å². The first-order valence-corrected chi connectivity index (χ1v) is 3.79. The Hall–Kier alpha value is -0.120. The average Bonchev–Trinajstić information content (AvgIpc) is 1.95. The second kappa shape index (κ2) is 3.32. The Balaban J connectivity index is 2.42. The van der Waals surface area contributed by atoms with Crippen LogP contribution in [-0.4, -0.2) is 25.3 Å². The highest BCUT2D eigenvalue weighted by Gasteiger charge is 2.27. The zero-order chi connectivity index (χ0) is 7.56. The van der Waals surface area contributed by atoms with E-state index in [1.54, 1.807) is 7.11 Å². The first kappa shape index (κ1) is 7.98. The predicted octanol–water partition coefficient (Wildman–Crippen LogP) is -0.160. The molecule has 3 atom stereocenters. The summed E-state index contributed by atoms with van der Waals surface area (Å²) in [7, 11) is 1.70. The minimum absolute atomic E-state index is 0.0405. The molecule has 1 aliphatic carbocycles. The van der Waals surface area contributed by atoms with E-state index >= 15 is 0 Å². The molecule has 3 nitrogen and oxygen atoms in total. The number of nitrogens with two attached hydrogens (primary N) is 2. The summed E-state index contributed by atoms with van der Waals surface area (Å²) < 4.78 is 5.17. The van der Waals surface area contributed by atoms with Gasteiger partial charge in [-0.3, -0.25) is 0 Å². The first-order chi connectivity index (χ1) is 4.75. The maximum absolute atomic E-state index is 5.78. The third-order valence-corrected chi connectivity index (χ3v) is 2.25. The van der Waals surface area contributed by atoms with Gasteiger partial charge in [0.1, 0.15) is 0 Å². The van der Waals surface area contributed by atoms with Gasteiger partial charge in [0, 0.05) is 19.2 Å². The molecule has 3 heteroatoms. The van der Waals surface area contributed by atoms with Crippen LogP contribution < -0.4 is 11.5 Å². The molecule has 60 valence electrons. The van der Waals surface area contributed by atoms with Crippen LogP contribution >= 0.6 is 0 Å². The Bertz CT molecular complexity index is 108. The lowest BCUT2D eigenvalue weighted by Gasteiger charge is -2.32. The molecular weight excluding hydrogens is 128 g/mol. The molecule has 4 N–H and O–H groups in total. The normalized spacial score (nSPS) is 41.7. The van der Waals surface area contributed by atoms with Gasteiger partial charge < -0.3 is 16.2 Å². The van der Waals surface area contributed by atoms with Gasteiger partial charge in [-0.15, -0.1) is 0 Å². The predicted molar refractivity (Wildman–Crippen MR) is 40.6 cm³/mol. The summed E-state index contributed by atoms with van der Waals surface area (Å²) in [5.74, 6) is 0. The van der Waals surface area contributed by atoms with Crippen molar-refractivity contribution >= 4 is 0 Å². The quantitative estimate of drug-likeness (QED) is 0.537. The molecule has 0 spiro atoms. The van der Waals surface area contributed by atoms with Crippen molar-refractivity contribution in [2.75, 3.05) is 7.11 Å². The lowest BCUT2D eigenvalue weighted by molar-refractivity contribution is 0.0471. The van der Waals surface area contributed by atoms with Gasteiger partial charge in [-0.1, -0.05) is 0 Å². The fourth-order valence-corrected chi connectivity index (χ4v) is 1.49. The van der Waals surface area contributed by atoms with Gasteiger partial charge in [0.25, 0.3) is 0 Å². The van der Waals surface area contributed by atoms with Gasteiger partial charge in [-0.25, -0.2) is 0 Å². The highest BCUT2D eigenvalue weighted by molar-refractivity contribution is 4.88. The number of rotatable bonds is 1. The van der Waals surface area contributed by atoms with Crippen molar-refractivity contribution in [3.8, 4) is 0 Å². The standard InChI is InChI=1S/C7H16N2O/c1-10-6-4-2-3-5(8)7(6)9/h5-7H,2-4,8-9H2,1H3. The van der Waals surface area contributed by atoms with E-state index in [0.717, 1.165) is 19.3 Å². The van der Waals surface area contributed by atoms with Crippen LogP contribution in [0.2, 0.25) is 0 Å². The highest BCUT2D eigenvalue weighted by Crippen LogP contribution is 2.18. The molecule has 0 heterocycles. The molecule has 0 amide bonds. The molecular formula is C7H16N2O. The molecule has 0 radical (unpaired) electrons. The molecule has 1 rings (SSSR count). The SMILES string of the molecule is COC1CCCC(N)C1N. The molecule has 1 saturated carbocycles. The highest BCUT2D eigenvalue weighted by atomic mass is 16.5. The van der Waals surface area contributed by atoms with Crippen LogP contribution in [0, 0.1) is 0 Å². The van der Waals surface area contributed by atoms with Crippen molar-refractivity contribution in [3.63, 3.8) is 0 Å². The van der Waals surface area contributed by atoms with Crippen molar-refractivity contribution < 1.29 is 4.74 Å². The van der Waals surface area contributed by atoms with Gasteiger partial charge in [0.2, 0.25) is 0 Å². The van der Waals surface area contributed by atoms with Gasteiger partial charge in [0.05, 0.1) is 6.10 Å². The molecule has 10 heavy (non-hydrogen) atoms. The van der Waals surface area contributed by atoms with E-state index in [-0.39, 0.29) is 18.2 Å². The molecule has 0 bridgehead atoms. The lowest BCUT2D eigenvalue weighted by atomic mass is 9.89. The van der Waals surface area contributed by atoms with E-state index in [4.69, 9.17) is 16.2 Å². The first-order valence-electron chi connectivity index (χ1n) is 3.79. The van der Waals surface area contributed by atoms with E-state index < -0.39 is 0 Å². The smallest absolute Gasteiger partial charge is 0.0737 e. The van der Waals surface area contributed by atoms with Crippen LogP contribution in [0.3, 0.4) is 0 Å². The second-order valence-electron chi connectivity index (χ2n) is 2.95. The largest absolute Gasteiger partial charge is 0.380 e. The zero-order valence-corrected chi connectivity index (χ0v) is 6.42. The van der Waals surface area contributed by atoms with Crippen LogP contribution in [0.15, 0.2) is 0 Å². The molecule has 1 aliphatic rings. The number of hydrogen-bond donors (Lipinski definition) is 2. The lowest BCUT2D eigenvalue weighted by Crippen LogP contribution is -2.52. The Morgan fingerprint density at radius 1 is 1.30 bits per heavy atom. The van der Waals surface area contributed by atoms with E-state index in [0.29, 0.717) is 0 Å². The summed E-state index contributed by atoms with van der Waals surface area (Å²) in [4.78, 5) is 0. The molecule has 0 aromatic rings. The van der Waals surface area contributed by atoms with E-state index in [1.807, 2.05) is 0 Å². The maximum atomic E-state index is 5.78. The van der Waals surface area contributed by atoms with Crippen molar-refractivity contribution in [1.82, 2.24) is 0 Å². The van der Waals surface area contributed by atoms with E-state index in [1.165, 1.54) is 0 Å². The van der Waals surface area contributed by atoms with Gasteiger partial charge in [-0.05, 0) is 19.3 Å². The van der Waals surface area contributed by atoms with Crippen LogP contribution in [0.1, 0.15) is 19.3 Å². The van der Waals surface area contributed by atoms with Crippen LogP contribution in [0.4, 0.5) is 0 Å². The summed E-state index contributed by atoms with van der Waals surface area (Å²) >= 11 is 0. The molecule has 3 unspecified atom stereocenters. The van der Waals surface area contributed by atoms with E-state index in [9.17, 15) is 0 Å². The molecule has 0 aromatic carbocycles. The minimum Gasteiger partial charge on any atom is -0.380 e. The maximum Gasteiger partial charge on any atom is 0.0737 e. The van der Waals surface area contributed by atoms with Crippen molar-refractivity contribution in [3.05, 3.63) is 0 Å². The van der Waals surface area contributed by atoms with Gasteiger partial charge in [0.15, 0.2) is 0 Å². The average molecular weight is 144 g/mol. The number of ether oxygens (including phenoxy) is 1. The van der Waals surface area contributed by atoms with Gasteiger partial charge >= 0.3 is 0 Å². The summed E-state index contributed by atoms with van der Waals surface area (Å²) in [5, 5.41) is 0. The van der Waals surface area contributed by atoms with Crippen LogP contribution in [-0.2, 0) is 4.74 Å². The number of hydrogen-bond acceptors (Lipinski definition) is 3. The fraction of sp³-hybridized carbons (Fsp3) is 1.00. The van der Waals surface area contributed by atoms with Gasteiger partial charge in [-0.2, -0.15) is 0 Å². The molecule has 0 saturated heterocycles. The second-order valence-corrected chi connectivity index (χ2v) is 2.95. The molecule has 1 fully saturated rings. The third-order valence-electron chi connectivity index (χ3n) is 2.25. The summed E-state index contributed by atoms with van der Waals surface area (Å²) in [6, 6.07) is 0.178. The van der Waals surface area contributed by atoms with Crippen molar-refractivity contribution in [2.24, 2.45) is 11.5 Å². The Labute approximate surface area is 61.7 Å². The molecule has 0 aromatic heterocycles. The monoisotopic (exact) mass is 144 g/mol. The number of methoxy groups -OCH3 is 1. The van der Waals surface area contributed by atoms with Crippen LogP contribution in [0.25, 0.3) is 0 Å². The third kappa shape index (κ3) is 1.48. The topological polar surface area (TPSA) is 61.3 Å². The summed E-state index contributed by atoms with van der Waals surface area (Å²) in [5.41, 5.74) is 11.5. The van der Waals surface area contributed by atoms with Crippen molar-refractivity contribution in [1.29, 1.82) is 0 Å². The Morgan fingerprint density at radius 2 is 2.00 bits per heavy atom. The Morgan fingerprint density at radius 3 is 2.50 bits per heavy atom. The fourth-order valence-electron chi connectivity index (χ4n) is 1.49. The Kier molecular flexibility index (Phi) is 2.65. The van der Waals surface area contributed by atoms with Crippen LogP contribution in [0.5, 0.6) is 0 Å². The zero-order valence-electron chi connectivity index (χ0n) is 6.42. The van der Waals surface area contributed by atoms with Crippen molar-refractivity contribution in [2.45, 2.75) is 37.5 Å². The summed E-state index contributed by atoms with van der Waals surface area (Å²) in [6.07, 6.45) is 3.43. The molecule has 0 aliphatic heterocycles.